The van der Waals surface area contributed by atoms with Crippen LogP contribution in [0.15, 0.2) is 12.4 Å². The molecular weight excluding hydrogens is 174 g/mol. The van der Waals surface area contributed by atoms with Gasteiger partial charge in [-0.15, -0.1) is 0 Å². The van der Waals surface area contributed by atoms with E-state index in [1.165, 1.54) is 25.7 Å². The van der Waals surface area contributed by atoms with Crippen LogP contribution in [0, 0.1) is 5.41 Å². The quantitative estimate of drug-likeness (QED) is 0.799. The van der Waals surface area contributed by atoms with Crippen LogP contribution >= 0.6 is 0 Å². The van der Waals surface area contributed by atoms with E-state index >= 15 is 0 Å². The Balaban J connectivity index is 1.87. The summed E-state index contributed by atoms with van der Waals surface area (Å²) < 4.78 is 1.83. The summed E-state index contributed by atoms with van der Waals surface area (Å²) in [7, 11) is 1.95. The number of nitrogens with zero attached hydrogens (tertiary/aromatic N) is 2. The fourth-order valence-corrected chi connectivity index (χ4v) is 2.23. The molecule has 1 fully saturated rings. The van der Waals surface area contributed by atoms with Crippen molar-refractivity contribution < 1.29 is 0 Å². The van der Waals surface area contributed by atoms with E-state index in [2.05, 4.69) is 17.3 Å². The normalized spacial score (nSPS) is 19.9. The number of hydrogen-bond donors (Lipinski definition) is 1. The summed E-state index contributed by atoms with van der Waals surface area (Å²) in [6.45, 7) is 3.46. The number of aryl methyl sites for hydroxylation is 1. The molecule has 1 aliphatic rings. The van der Waals surface area contributed by atoms with Gasteiger partial charge < -0.3 is 5.32 Å². The van der Waals surface area contributed by atoms with Gasteiger partial charge in [0.15, 0.2) is 0 Å². The summed E-state index contributed by atoms with van der Waals surface area (Å²) >= 11 is 0. The van der Waals surface area contributed by atoms with Crippen LogP contribution in [0.4, 0.5) is 5.69 Å². The number of anilines is 1. The Bertz CT molecular complexity index is 297. The molecule has 3 heteroatoms. The highest BCUT2D eigenvalue weighted by molar-refractivity contribution is 5.38. The molecule has 1 saturated carbocycles. The lowest BCUT2D eigenvalue weighted by Gasteiger charge is -2.23. The van der Waals surface area contributed by atoms with Crippen LogP contribution in [0.2, 0.25) is 0 Å². The average Bonchev–Trinajstić information content (AvgIpc) is 2.73. The Morgan fingerprint density at radius 3 is 2.79 bits per heavy atom. The second kappa shape index (κ2) is 3.64. The van der Waals surface area contributed by atoms with Gasteiger partial charge in [0.1, 0.15) is 0 Å². The third kappa shape index (κ3) is 2.08. The minimum Gasteiger partial charge on any atom is -0.382 e. The van der Waals surface area contributed by atoms with E-state index in [0.717, 1.165) is 12.2 Å². The van der Waals surface area contributed by atoms with Crippen molar-refractivity contribution in [2.75, 3.05) is 11.9 Å². The number of hydrogen-bond acceptors (Lipinski definition) is 2. The van der Waals surface area contributed by atoms with E-state index in [-0.39, 0.29) is 0 Å². The molecule has 0 saturated heterocycles. The Hall–Kier alpha value is -0.990. The van der Waals surface area contributed by atoms with Gasteiger partial charge in [0.05, 0.1) is 11.9 Å². The summed E-state index contributed by atoms with van der Waals surface area (Å²) in [5.74, 6) is 0. The van der Waals surface area contributed by atoms with Crippen LogP contribution in [0.3, 0.4) is 0 Å². The Morgan fingerprint density at radius 2 is 2.21 bits per heavy atom. The van der Waals surface area contributed by atoms with Crippen molar-refractivity contribution in [2.45, 2.75) is 32.6 Å². The largest absolute Gasteiger partial charge is 0.382 e. The lowest BCUT2D eigenvalue weighted by atomic mass is 9.89. The van der Waals surface area contributed by atoms with Gasteiger partial charge in [0, 0.05) is 19.8 Å². The van der Waals surface area contributed by atoms with E-state index in [4.69, 9.17) is 0 Å². The third-order valence-corrected chi connectivity index (χ3v) is 3.23. The lowest BCUT2D eigenvalue weighted by Crippen LogP contribution is -2.22. The van der Waals surface area contributed by atoms with Gasteiger partial charge in [-0.05, 0) is 18.3 Å². The Labute approximate surface area is 85.5 Å². The van der Waals surface area contributed by atoms with Gasteiger partial charge in [-0.1, -0.05) is 19.8 Å². The molecule has 0 bridgehead atoms. The van der Waals surface area contributed by atoms with Crippen LogP contribution in [-0.4, -0.2) is 16.3 Å². The van der Waals surface area contributed by atoms with Crippen molar-refractivity contribution in [1.82, 2.24) is 9.78 Å². The predicted molar refractivity (Wildman–Crippen MR) is 58.3 cm³/mol. The van der Waals surface area contributed by atoms with E-state index in [1.807, 2.05) is 24.1 Å². The van der Waals surface area contributed by atoms with Crippen LogP contribution < -0.4 is 5.32 Å². The monoisotopic (exact) mass is 193 g/mol. The lowest BCUT2D eigenvalue weighted by molar-refractivity contribution is 0.362. The zero-order valence-corrected chi connectivity index (χ0v) is 9.08. The first-order chi connectivity index (χ1) is 6.68. The number of nitrogens with one attached hydrogen (secondary N) is 1. The molecule has 0 aromatic carbocycles. The molecule has 0 radical (unpaired) electrons. The van der Waals surface area contributed by atoms with Crippen molar-refractivity contribution in [3.63, 3.8) is 0 Å². The van der Waals surface area contributed by atoms with E-state index in [1.54, 1.807) is 0 Å². The SMILES string of the molecule is Cn1cc(NCC2(C)CCCC2)cn1. The molecule has 0 atom stereocenters. The number of aromatic nitrogens is 2. The van der Waals surface area contributed by atoms with Crippen molar-refractivity contribution in [2.24, 2.45) is 12.5 Å². The highest BCUT2D eigenvalue weighted by atomic mass is 15.3. The molecule has 14 heavy (non-hydrogen) atoms. The average molecular weight is 193 g/mol. The third-order valence-electron chi connectivity index (χ3n) is 3.23. The van der Waals surface area contributed by atoms with Crippen molar-refractivity contribution in [3.05, 3.63) is 12.4 Å². The standard InChI is InChI=1S/C11H19N3/c1-11(5-3-4-6-11)9-12-10-7-13-14(2)8-10/h7-8,12H,3-6,9H2,1-2H3. The van der Waals surface area contributed by atoms with E-state index < -0.39 is 0 Å². The minimum atomic E-state index is 0.510. The summed E-state index contributed by atoms with van der Waals surface area (Å²) in [4.78, 5) is 0. The van der Waals surface area contributed by atoms with E-state index in [0.29, 0.717) is 5.41 Å². The topological polar surface area (TPSA) is 29.9 Å². The molecule has 78 valence electrons. The molecular formula is C11H19N3. The Kier molecular flexibility index (Phi) is 2.48. The Morgan fingerprint density at radius 1 is 1.50 bits per heavy atom. The van der Waals surface area contributed by atoms with Crippen LogP contribution in [0.1, 0.15) is 32.6 Å². The molecule has 1 N–H and O–H groups in total. The van der Waals surface area contributed by atoms with Crippen LogP contribution in [0.25, 0.3) is 0 Å². The van der Waals surface area contributed by atoms with Gasteiger partial charge in [-0.25, -0.2) is 0 Å². The van der Waals surface area contributed by atoms with Crippen molar-refractivity contribution in [1.29, 1.82) is 0 Å². The van der Waals surface area contributed by atoms with Crippen molar-refractivity contribution in [3.8, 4) is 0 Å². The molecule has 0 aliphatic heterocycles. The second-order valence-corrected chi connectivity index (χ2v) is 4.77. The minimum absolute atomic E-state index is 0.510. The molecule has 1 heterocycles. The predicted octanol–water partition coefficient (Wildman–Crippen LogP) is 2.41. The highest BCUT2D eigenvalue weighted by Crippen LogP contribution is 2.37. The summed E-state index contributed by atoms with van der Waals surface area (Å²) in [5, 5.41) is 7.60. The highest BCUT2D eigenvalue weighted by Gasteiger charge is 2.28. The van der Waals surface area contributed by atoms with Gasteiger partial charge in [-0.3, -0.25) is 4.68 Å². The number of rotatable bonds is 3. The molecule has 2 rings (SSSR count). The van der Waals surface area contributed by atoms with Crippen molar-refractivity contribution >= 4 is 5.69 Å². The molecule has 1 aromatic heterocycles. The fraction of sp³-hybridized carbons (Fsp3) is 0.727. The first kappa shape index (κ1) is 9.56. The second-order valence-electron chi connectivity index (χ2n) is 4.77. The zero-order chi connectivity index (χ0) is 10.0. The molecule has 0 amide bonds. The maximum absolute atomic E-state index is 4.14. The maximum Gasteiger partial charge on any atom is 0.0726 e. The fourth-order valence-electron chi connectivity index (χ4n) is 2.23. The smallest absolute Gasteiger partial charge is 0.0726 e. The van der Waals surface area contributed by atoms with Gasteiger partial charge in [0.25, 0.3) is 0 Å². The summed E-state index contributed by atoms with van der Waals surface area (Å²) in [6, 6.07) is 0. The summed E-state index contributed by atoms with van der Waals surface area (Å²) in [5.41, 5.74) is 1.65. The van der Waals surface area contributed by atoms with Gasteiger partial charge in [-0.2, -0.15) is 5.10 Å². The molecule has 0 unspecified atom stereocenters. The molecule has 0 spiro atoms. The summed E-state index contributed by atoms with van der Waals surface area (Å²) in [6.07, 6.45) is 9.42. The first-order valence-corrected chi connectivity index (χ1v) is 5.41. The van der Waals surface area contributed by atoms with Crippen LogP contribution in [0.5, 0.6) is 0 Å². The molecule has 3 nitrogen and oxygen atoms in total. The first-order valence-electron chi connectivity index (χ1n) is 5.41. The van der Waals surface area contributed by atoms with Crippen LogP contribution in [-0.2, 0) is 7.05 Å². The van der Waals surface area contributed by atoms with E-state index in [9.17, 15) is 0 Å². The van der Waals surface area contributed by atoms with Gasteiger partial charge >= 0.3 is 0 Å². The molecule has 1 aliphatic carbocycles. The zero-order valence-electron chi connectivity index (χ0n) is 9.08. The maximum atomic E-state index is 4.14. The molecule has 1 aromatic rings. The van der Waals surface area contributed by atoms with Gasteiger partial charge in [0.2, 0.25) is 0 Å².